The van der Waals surface area contributed by atoms with Gasteiger partial charge in [0.1, 0.15) is 0 Å². The zero-order valence-corrected chi connectivity index (χ0v) is 13.0. The van der Waals surface area contributed by atoms with Gasteiger partial charge in [-0.3, -0.25) is 0 Å². The largest absolute Gasteiger partial charge is 0.478 e. The maximum absolute atomic E-state index is 14.3. The third-order valence-electron chi connectivity index (χ3n) is 4.44. The molecule has 1 aromatic heterocycles. The summed E-state index contributed by atoms with van der Waals surface area (Å²) in [5.41, 5.74) is 0.603. The summed E-state index contributed by atoms with van der Waals surface area (Å²) in [6, 6.07) is 1.69. The third kappa shape index (κ3) is 3.33. The zero-order valence-electron chi connectivity index (χ0n) is 13.0. The summed E-state index contributed by atoms with van der Waals surface area (Å²) in [4.78, 5) is 6.04. The van der Waals surface area contributed by atoms with Crippen LogP contribution in [-0.2, 0) is 9.47 Å². The van der Waals surface area contributed by atoms with Gasteiger partial charge in [0.2, 0.25) is 5.88 Å². The lowest BCUT2D eigenvalue weighted by Crippen LogP contribution is -2.42. The van der Waals surface area contributed by atoms with Gasteiger partial charge in [-0.15, -0.1) is 0 Å². The van der Waals surface area contributed by atoms with Crippen LogP contribution in [0.5, 0.6) is 5.88 Å². The van der Waals surface area contributed by atoms with Crippen LogP contribution in [-0.4, -0.2) is 51.1 Å². The van der Waals surface area contributed by atoms with Crippen LogP contribution >= 0.6 is 0 Å². The number of nitrogens with zero attached hydrogens (tertiary/aromatic N) is 2. The molecule has 1 aromatic rings. The van der Waals surface area contributed by atoms with Crippen molar-refractivity contribution in [2.75, 3.05) is 51.0 Å². The van der Waals surface area contributed by atoms with Gasteiger partial charge < -0.3 is 19.1 Å². The molecule has 0 saturated carbocycles. The monoisotopic (exact) mass is 310 g/mol. The quantitative estimate of drug-likeness (QED) is 0.857. The lowest BCUT2D eigenvalue weighted by Gasteiger charge is -2.39. The first kappa shape index (κ1) is 15.5. The number of ether oxygens (including phenoxy) is 3. The highest BCUT2D eigenvalue weighted by atomic mass is 19.1. The van der Waals surface area contributed by atoms with Gasteiger partial charge in [-0.1, -0.05) is 0 Å². The number of halogens is 1. The lowest BCUT2D eigenvalue weighted by atomic mass is 9.80. The van der Waals surface area contributed by atoms with Gasteiger partial charge in [0, 0.05) is 37.8 Å². The van der Waals surface area contributed by atoms with Crippen molar-refractivity contribution in [2.24, 2.45) is 5.41 Å². The molecule has 2 saturated heterocycles. The van der Waals surface area contributed by atoms with E-state index in [-0.39, 0.29) is 11.2 Å². The molecule has 1 spiro atoms. The Morgan fingerprint density at radius 3 is 2.91 bits per heavy atom. The van der Waals surface area contributed by atoms with E-state index < -0.39 is 0 Å². The SMILES string of the molecule is CCOc1cc(N2CCOCC3(CCOCC3)C2)c(F)cn1. The third-order valence-corrected chi connectivity index (χ3v) is 4.44. The van der Waals surface area contributed by atoms with Crippen molar-refractivity contribution in [3.63, 3.8) is 0 Å². The van der Waals surface area contributed by atoms with E-state index in [1.54, 1.807) is 6.07 Å². The van der Waals surface area contributed by atoms with Crippen LogP contribution in [0.3, 0.4) is 0 Å². The van der Waals surface area contributed by atoms with E-state index >= 15 is 0 Å². The summed E-state index contributed by atoms with van der Waals surface area (Å²) in [7, 11) is 0. The number of hydrogen-bond donors (Lipinski definition) is 0. The van der Waals surface area contributed by atoms with E-state index in [4.69, 9.17) is 14.2 Å². The fourth-order valence-electron chi connectivity index (χ4n) is 3.18. The van der Waals surface area contributed by atoms with E-state index in [9.17, 15) is 4.39 Å². The molecule has 0 bridgehead atoms. The Morgan fingerprint density at radius 2 is 2.14 bits per heavy atom. The smallest absolute Gasteiger partial charge is 0.215 e. The average Bonchev–Trinajstić information content (AvgIpc) is 2.73. The normalized spacial score (nSPS) is 21.6. The van der Waals surface area contributed by atoms with Crippen LogP contribution in [0, 0.1) is 11.2 Å². The average molecular weight is 310 g/mol. The standard InChI is InChI=1S/C16H23FN2O3/c1-2-22-15-9-14(13(17)10-18-15)19-5-8-21-12-16(11-19)3-6-20-7-4-16/h9-10H,2-8,11-12H2,1H3. The van der Waals surface area contributed by atoms with Crippen LogP contribution in [0.2, 0.25) is 0 Å². The number of pyridine rings is 1. The molecule has 6 heteroatoms. The Bertz CT molecular complexity index is 506. The first-order valence-corrected chi connectivity index (χ1v) is 7.91. The van der Waals surface area contributed by atoms with Crippen molar-refractivity contribution in [2.45, 2.75) is 19.8 Å². The molecule has 0 aromatic carbocycles. The van der Waals surface area contributed by atoms with Gasteiger partial charge in [0.05, 0.1) is 31.7 Å². The summed E-state index contributed by atoms with van der Waals surface area (Å²) in [5.74, 6) is 0.151. The molecule has 3 rings (SSSR count). The Hall–Kier alpha value is -1.40. The fourth-order valence-corrected chi connectivity index (χ4v) is 3.18. The first-order valence-electron chi connectivity index (χ1n) is 7.91. The van der Waals surface area contributed by atoms with Crippen LogP contribution in [0.15, 0.2) is 12.3 Å². The molecule has 0 aliphatic carbocycles. The van der Waals surface area contributed by atoms with Gasteiger partial charge in [-0.25, -0.2) is 9.37 Å². The van der Waals surface area contributed by atoms with E-state index in [1.165, 1.54) is 6.20 Å². The minimum absolute atomic E-state index is 0.0518. The lowest BCUT2D eigenvalue weighted by molar-refractivity contribution is -0.0240. The number of anilines is 1. The predicted octanol–water partition coefficient (Wildman–Crippen LogP) is 2.25. The number of rotatable bonds is 3. The summed E-state index contributed by atoms with van der Waals surface area (Å²) in [5, 5.41) is 0. The molecule has 0 atom stereocenters. The second-order valence-electron chi connectivity index (χ2n) is 5.99. The number of aromatic nitrogens is 1. The topological polar surface area (TPSA) is 43.8 Å². The summed E-state index contributed by atoms with van der Waals surface area (Å²) in [6.07, 6.45) is 3.14. The fraction of sp³-hybridized carbons (Fsp3) is 0.688. The molecule has 0 unspecified atom stereocenters. The van der Waals surface area contributed by atoms with Gasteiger partial charge >= 0.3 is 0 Å². The Balaban J connectivity index is 1.84. The highest BCUT2D eigenvalue weighted by Gasteiger charge is 2.37. The predicted molar refractivity (Wildman–Crippen MR) is 80.9 cm³/mol. The molecular weight excluding hydrogens is 287 g/mol. The highest BCUT2D eigenvalue weighted by Crippen LogP contribution is 2.36. The summed E-state index contributed by atoms with van der Waals surface area (Å²) >= 11 is 0. The molecule has 22 heavy (non-hydrogen) atoms. The van der Waals surface area contributed by atoms with Crippen LogP contribution < -0.4 is 9.64 Å². The molecule has 0 N–H and O–H groups in total. The Labute approximate surface area is 130 Å². The van der Waals surface area contributed by atoms with Crippen molar-refractivity contribution < 1.29 is 18.6 Å². The molecule has 122 valence electrons. The van der Waals surface area contributed by atoms with Crippen LogP contribution in [0.25, 0.3) is 0 Å². The summed E-state index contributed by atoms with van der Waals surface area (Å²) < 4.78 is 30.9. The van der Waals surface area contributed by atoms with E-state index in [1.807, 2.05) is 6.92 Å². The van der Waals surface area contributed by atoms with Gasteiger partial charge in [0.25, 0.3) is 0 Å². The molecular formula is C16H23FN2O3. The molecule has 0 amide bonds. The Kier molecular flexibility index (Phi) is 4.78. The van der Waals surface area contributed by atoms with Crippen LogP contribution in [0.4, 0.5) is 10.1 Å². The van der Waals surface area contributed by atoms with Gasteiger partial charge in [0.15, 0.2) is 5.82 Å². The van der Waals surface area contributed by atoms with Crippen molar-refractivity contribution in [1.29, 1.82) is 0 Å². The van der Waals surface area contributed by atoms with E-state index in [0.717, 1.165) is 39.2 Å². The van der Waals surface area contributed by atoms with E-state index in [2.05, 4.69) is 9.88 Å². The maximum Gasteiger partial charge on any atom is 0.215 e. The highest BCUT2D eigenvalue weighted by molar-refractivity contribution is 5.50. The van der Waals surface area contributed by atoms with Crippen molar-refractivity contribution in [3.05, 3.63) is 18.1 Å². The first-order chi connectivity index (χ1) is 10.7. The zero-order chi connectivity index (χ0) is 15.4. The summed E-state index contributed by atoms with van der Waals surface area (Å²) in [6.45, 7) is 6.69. The second kappa shape index (κ2) is 6.79. The van der Waals surface area contributed by atoms with Crippen molar-refractivity contribution in [3.8, 4) is 5.88 Å². The Morgan fingerprint density at radius 1 is 1.32 bits per heavy atom. The molecule has 5 nitrogen and oxygen atoms in total. The van der Waals surface area contributed by atoms with Crippen LogP contribution in [0.1, 0.15) is 19.8 Å². The minimum atomic E-state index is -0.312. The molecule has 2 fully saturated rings. The minimum Gasteiger partial charge on any atom is -0.478 e. The molecule has 3 heterocycles. The van der Waals surface area contributed by atoms with Gasteiger partial charge in [-0.05, 0) is 19.8 Å². The molecule has 2 aliphatic heterocycles. The molecule has 2 aliphatic rings. The molecule has 0 radical (unpaired) electrons. The van der Waals surface area contributed by atoms with Crippen molar-refractivity contribution >= 4 is 5.69 Å². The van der Waals surface area contributed by atoms with Crippen molar-refractivity contribution in [1.82, 2.24) is 4.98 Å². The number of hydrogen-bond acceptors (Lipinski definition) is 5. The maximum atomic E-state index is 14.3. The second-order valence-corrected chi connectivity index (χ2v) is 5.99. The van der Waals surface area contributed by atoms with E-state index in [0.29, 0.717) is 31.3 Å². The van der Waals surface area contributed by atoms with Gasteiger partial charge in [-0.2, -0.15) is 0 Å².